The zero-order chi connectivity index (χ0) is 18.4. The van der Waals surface area contributed by atoms with E-state index in [2.05, 4.69) is 15.0 Å². The molecule has 0 bridgehead atoms. The first-order valence-corrected chi connectivity index (χ1v) is 10.5. The molecule has 2 atom stereocenters. The van der Waals surface area contributed by atoms with Gasteiger partial charge in [-0.15, -0.1) is 0 Å². The number of amides is 1. The van der Waals surface area contributed by atoms with Crippen molar-refractivity contribution in [3.63, 3.8) is 0 Å². The molecule has 3 fully saturated rings. The van der Waals surface area contributed by atoms with Gasteiger partial charge in [-0.1, -0.05) is 5.16 Å². The molecule has 5 heterocycles. The number of ether oxygens (including phenoxy) is 1. The van der Waals surface area contributed by atoms with Gasteiger partial charge >= 0.3 is 0 Å². The van der Waals surface area contributed by atoms with E-state index in [1.807, 2.05) is 28.7 Å². The molecule has 3 saturated heterocycles. The number of hydrogen-bond donors (Lipinski definition) is 0. The van der Waals surface area contributed by atoms with E-state index in [-0.39, 0.29) is 11.3 Å². The molecule has 144 valence electrons. The molecular formula is C19H24N4O3S. The predicted octanol–water partition coefficient (Wildman–Crippen LogP) is 1.94. The molecule has 1 amide bonds. The number of carbonyl (C=O) groups is 1. The number of aryl methyl sites for hydroxylation is 1. The molecule has 8 heteroatoms. The number of fused-ring (bicyclic) bond motifs is 1. The zero-order valence-electron chi connectivity index (χ0n) is 15.5. The fraction of sp³-hybridized carbons (Fsp3) is 0.632. The summed E-state index contributed by atoms with van der Waals surface area (Å²) >= 11 is 1.56. The Kier molecular flexibility index (Phi) is 4.29. The van der Waals surface area contributed by atoms with Gasteiger partial charge in [0.25, 0.3) is 5.91 Å². The average molecular weight is 388 g/mol. The maximum absolute atomic E-state index is 12.9. The predicted molar refractivity (Wildman–Crippen MR) is 99.8 cm³/mol. The van der Waals surface area contributed by atoms with Crippen molar-refractivity contribution in [2.75, 3.05) is 39.4 Å². The lowest BCUT2D eigenvalue weighted by Crippen LogP contribution is -2.44. The standard InChI is InChI=1S/C19H24N4O3S/c1-13-20-18(26-21-13)19-11-22(16-2-5-25-6-3-16)8-15(19)9-23(12-19)17(24)14-4-7-27-10-14/h4,7,10,15-16H,2-3,5-6,8-9,11-12H2,1H3. The number of carbonyl (C=O) groups excluding carboxylic acids is 1. The highest BCUT2D eigenvalue weighted by Gasteiger charge is 2.58. The molecule has 27 heavy (non-hydrogen) atoms. The van der Waals surface area contributed by atoms with E-state index in [0.29, 0.717) is 30.2 Å². The Bertz CT molecular complexity index is 817. The van der Waals surface area contributed by atoms with Crippen LogP contribution in [0.3, 0.4) is 0 Å². The Hall–Kier alpha value is -1.77. The molecular weight excluding hydrogens is 364 g/mol. The average Bonchev–Trinajstić information content (AvgIpc) is 3.44. The lowest BCUT2D eigenvalue weighted by Gasteiger charge is -2.33. The largest absolute Gasteiger partial charge is 0.381 e. The van der Waals surface area contributed by atoms with Gasteiger partial charge in [-0.05, 0) is 31.2 Å². The van der Waals surface area contributed by atoms with Crippen LogP contribution in [-0.2, 0) is 10.2 Å². The van der Waals surface area contributed by atoms with Gasteiger partial charge in [0.05, 0.1) is 11.0 Å². The SMILES string of the molecule is Cc1noc(C23CN(C(=O)c4ccsc4)CC2CN(C2CCOCC2)C3)n1. The maximum atomic E-state index is 12.9. The summed E-state index contributed by atoms with van der Waals surface area (Å²) < 4.78 is 11.2. The second-order valence-corrected chi connectivity index (χ2v) is 8.75. The highest BCUT2D eigenvalue weighted by Crippen LogP contribution is 2.46. The van der Waals surface area contributed by atoms with Crippen LogP contribution in [0.15, 0.2) is 21.3 Å². The van der Waals surface area contributed by atoms with Crippen LogP contribution in [0.25, 0.3) is 0 Å². The van der Waals surface area contributed by atoms with Crippen molar-refractivity contribution in [1.82, 2.24) is 19.9 Å². The highest BCUT2D eigenvalue weighted by molar-refractivity contribution is 7.08. The second-order valence-electron chi connectivity index (χ2n) is 7.97. The van der Waals surface area contributed by atoms with Gasteiger partial charge in [0.15, 0.2) is 5.82 Å². The summed E-state index contributed by atoms with van der Waals surface area (Å²) in [5.41, 5.74) is 0.517. The summed E-state index contributed by atoms with van der Waals surface area (Å²) in [6.07, 6.45) is 2.15. The third-order valence-corrected chi connectivity index (χ3v) is 7.03. The summed E-state index contributed by atoms with van der Waals surface area (Å²) in [6.45, 7) is 6.76. The molecule has 0 N–H and O–H groups in total. The summed E-state index contributed by atoms with van der Waals surface area (Å²) in [4.78, 5) is 22.1. The number of thiophene rings is 1. The Morgan fingerprint density at radius 1 is 1.30 bits per heavy atom. The molecule has 7 nitrogen and oxygen atoms in total. The minimum atomic E-state index is -0.259. The molecule has 0 radical (unpaired) electrons. The first kappa shape index (κ1) is 17.3. The lowest BCUT2D eigenvalue weighted by molar-refractivity contribution is 0.0369. The van der Waals surface area contributed by atoms with Crippen molar-refractivity contribution in [2.45, 2.75) is 31.2 Å². The van der Waals surface area contributed by atoms with E-state index in [0.717, 1.165) is 51.3 Å². The van der Waals surface area contributed by atoms with Gasteiger partial charge in [-0.2, -0.15) is 16.3 Å². The van der Waals surface area contributed by atoms with Crippen molar-refractivity contribution in [1.29, 1.82) is 0 Å². The molecule has 2 aromatic heterocycles. The van der Waals surface area contributed by atoms with Crippen molar-refractivity contribution < 1.29 is 14.1 Å². The van der Waals surface area contributed by atoms with E-state index in [9.17, 15) is 4.79 Å². The van der Waals surface area contributed by atoms with Crippen LogP contribution in [0.1, 0.15) is 34.9 Å². The Labute approximate surface area is 162 Å². The fourth-order valence-corrected chi connectivity index (χ4v) is 5.59. The van der Waals surface area contributed by atoms with Crippen LogP contribution in [0, 0.1) is 12.8 Å². The molecule has 0 aliphatic carbocycles. The summed E-state index contributed by atoms with van der Waals surface area (Å²) in [5, 5.41) is 7.92. The number of likely N-dealkylation sites (tertiary alicyclic amines) is 2. The van der Waals surface area contributed by atoms with Crippen molar-refractivity contribution >= 4 is 17.2 Å². The number of aromatic nitrogens is 2. The number of rotatable bonds is 3. The van der Waals surface area contributed by atoms with Gasteiger partial charge < -0.3 is 14.2 Å². The Balaban J connectivity index is 1.43. The Morgan fingerprint density at radius 3 is 2.85 bits per heavy atom. The van der Waals surface area contributed by atoms with E-state index >= 15 is 0 Å². The van der Waals surface area contributed by atoms with Crippen LogP contribution in [0.4, 0.5) is 0 Å². The third-order valence-electron chi connectivity index (χ3n) is 6.35. The zero-order valence-corrected chi connectivity index (χ0v) is 16.3. The maximum Gasteiger partial charge on any atom is 0.254 e. The van der Waals surface area contributed by atoms with Gasteiger partial charge in [-0.3, -0.25) is 9.69 Å². The van der Waals surface area contributed by atoms with Gasteiger partial charge in [0.1, 0.15) is 0 Å². The molecule has 3 aliphatic rings. The summed E-state index contributed by atoms with van der Waals surface area (Å²) in [6, 6.07) is 2.45. The highest BCUT2D eigenvalue weighted by atomic mass is 32.1. The summed E-state index contributed by atoms with van der Waals surface area (Å²) in [7, 11) is 0. The minimum absolute atomic E-state index is 0.110. The monoisotopic (exact) mass is 388 g/mol. The molecule has 0 saturated carbocycles. The molecule has 0 aromatic carbocycles. The van der Waals surface area contributed by atoms with Crippen LogP contribution in [0.5, 0.6) is 0 Å². The molecule has 2 aromatic rings. The van der Waals surface area contributed by atoms with Crippen molar-refractivity contribution in [3.05, 3.63) is 34.1 Å². The van der Waals surface area contributed by atoms with E-state index in [1.165, 1.54) is 0 Å². The van der Waals surface area contributed by atoms with Gasteiger partial charge in [0.2, 0.25) is 5.89 Å². The lowest BCUT2D eigenvalue weighted by atomic mass is 9.81. The van der Waals surface area contributed by atoms with Crippen molar-refractivity contribution in [2.24, 2.45) is 5.92 Å². The van der Waals surface area contributed by atoms with E-state index in [4.69, 9.17) is 9.26 Å². The van der Waals surface area contributed by atoms with Crippen LogP contribution in [-0.4, -0.2) is 71.3 Å². The molecule has 0 spiro atoms. The second kappa shape index (κ2) is 6.68. The quantitative estimate of drug-likeness (QED) is 0.800. The molecule has 2 unspecified atom stereocenters. The van der Waals surface area contributed by atoms with Crippen molar-refractivity contribution in [3.8, 4) is 0 Å². The molecule has 5 rings (SSSR count). The van der Waals surface area contributed by atoms with Crippen LogP contribution < -0.4 is 0 Å². The van der Waals surface area contributed by atoms with E-state index < -0.39 is 0 Å². The molecule has 3 aliphatic heterocycles. The van der Waals surface area contributed by atoms with Crippen LogP contribution >= 0.6 is 11.3 Å². The van der Waals surface area contributed by atoms with E-state index in [1.54, 1.807) is 11.3 Å². The van der Waals surface area contributed by atoms with Crippen LogP contribution in [0.2, 0.25) is 0 Å². The van der Waals surface area contributed by atoms with Gasteiger partial charge in [-0.25, -0.2) is 0 Å². The summed E-state index contributed by atoms with van der Waals surface area (Å²) in [5.74, 6) is 1.78. The fourth-order valence-electron chi connectivity index (χ4n) is 4.96. The smallest absolute Gasteiger partial charge is 0.254 e. The third kappa shape index (κ3) is 2.90. The minimum Gasteiger partial charge on any atom is -0.381 e. The first-order chi connectivity index (χ1) is 13.2. The number of nitrogens with zero attached hydrogens (tertiary/aromatic N) is 4. The Morgan fingerprint density at radius 2 is 2.15 bits per heavy atom. The number of hydrogen-bond acceptors (Lipinski definition) is 7. The topological polar surface area (TPSA) is 71.7 Å². The van der Waals surface area contributed by atoms with Gasteiger partial charge in [0, 0.05) is 56.7 Å². The first-order valence-electron chi connectivity index (χ1n) is 9.60. The normalized spacial score (nSPS) is 29.4.